The van der Waals surface area contributed by atoms with Crippen LogP contribution in [0.1, 0.15) is 32.2 Å². The van der Waals surface area contributed by atoms with Gasteiger partial charge in [-0.1, -0.05) is 11.6 Å². The molecule has 17 heavy (non-hydrogen) atoms. The van der Waals surface area contributed by atoms with Crippen molar-refractivity contribution >= 4 is 17.0 Å². The summed E-state index contributed by atoms with van der Waals surface area (Å²) < 4.78 is 1.93. The van der Waals surface area contributed by atoms with E-state index in [2.05, 4.69) is 32.5 Å². The van der Waals surface area contributed by atoms with Crippen LogP contribution in [0.5, 0.6) is 0 Å². The van der Waals surface area contributed by atoms with Gasteiger partial charge in [0.2, 0.25) is 0 Å². The standard InChI is InChI=1S/C11H16N6/c1-7(8-4-3-5-8)17-11-9(15-16-17)10(12-2)13-6-14-11/h6-8H,3-5H2,1-2H3,(H,12,13,14). The number of aromatic nitrogens is 5. The predicted octanol–water partition coefficient (Wildman–Crippen LogP) is 1.62. The van der Waals surface area contributed by atoms with Gasteiger partial charge in [0, 0.05) is 7.05 Å². The molecule has 1 aliphatic carbocycles. The van der Waals surface area contributed by atoms with Crippen molar-refractivity contribution < 1.29 is 0 Å². The molecule has 2 aromatic heterocycles. The molecule has 0 spiro atoms. The second kappa shape index (κ2) is 3.94. The Kier molecular flexibility index (Phi) is 2.42. The molecule has 6 nitrogen and oxygen atoms in total. The molecule has 2 aromatic rings. The number of nitrogens with zero attached hydrogens (tertiary/aromatic N) is 5. The van der Waals surface area contributed by atoms with Crippen LogP contribution in [0.3, 0.4) is 0 Å². The summed E-state index contributed by atoms with van der Waals surface area (Å²) in [7, 11) is 1.83. The first-order chi connectivity index (χ1) is 8.31. The fourth-order valence-electron chi connectivity index (χ4n) is 2.34. The number of fused-ring (bicyclic) bond motifs is 1. The first-order valence-electron chi connectivity index (χ1n) is 6.05. The molecule has 0 saturated heterocycles. The van der Waals surface area contributed by atoms with E-state index in [9.17, 15) is 0 Å². The number of anilines is 1. The second-order valence-corrected chi connectivity index (χ2v) is 4.61. The van der Waals surface area contributed by atoms with Gasteiger partial charge in [-0.3, -0.25) is 0 Å². The highest BCUT2D eigenvalue weighted by atomic mass is 15.5. The van der Waals surface area contributed by atoms with Crippen molar-refractivity contribution in [1.82, 2.24) is 25.0 Å². The van der Waals surface area contributed by atoms with Gasteiger partial charge < -0.3 is 5.32 Å². The van der Waals surface area contributed by atoms with Crippen LogP contribution in [-0.4, -0.2) is 32.0 Å². The lowest BCUT2D eigenvalue weighted by Gasteiger charge is -2.31. The SMILES string of the molecule is CNc1ncnc2c1nnn2C(C)C1CCC1. The average molecular weight is 232 g/mol. The zero-order chi connectivity index (χ0) is 11.8. The summed E-state index contributed by atoms with van der Waals surface area (Å²) in [5, 5.41) is 11.4. The molecule has 2 heterocycles. The highest BCUT2D eigenvalue weighted by molar-refractivity contribution is 5.81. The van der Waals surface area contributed by atoms with E-state index in [-0.39, 0.29) is 0 Å². The van der Waals surface area contributed by atoms with Gasteiger partial charge in [-0.05, 0) is 25.7 Å². The molecule has 0 aromatic carbocycles. The fourth-order valence-corrected chi connectivity index (χ4v) is 2.34. The van der Waals surface area contributed by atoms with Crippen LogP contribution in [0.2, 0.25) is 0 Å². The zero-order valence-electron chi connectivity index (χ0n) is 10.1. The Hall–Kier alpha value is -1.72. The second-order valence-electron chi connectivity index (χ2n) is 4.61. The number of hydrogen-bond acceptors (Lipinski definition) is 5. The Morgan fingerprint density at radius 3 is 2.88 bits per heavy atom. The lowest BCUT2D eigenvalue weighted by molar-refractivity contribution is 0.212. The smallest absolute Gasteiger partial charge is 0.184 e. The molecule has 90 valence electrons. The van der Waals surface area contributed by atoms with E-state index in [1.54, 1.807) is 6.33 Å². The predicted molar refractivity (Wildman–Crippen MR) is 64.7 cm³/mol. The van der Waals surface area contributed by atoms with Crippen molar-refractivity contribution in [2.75, 3.05) is 12.4 Å². The van der Waals surface area contributed by atoms with E-state index in [1.807, 2.05) is 11.7 Å². The van der Waals surface area contributed by atoms with Gasteiger partial charge in [-0.15, -0.1) is 5.10 Å². The minimum absolute atomic E-state index is 0.369. The van der Waals surface area contributed by atoms with Crippen molar-refractivity contribution in [1.29, 1.82) is 0 Å². The molecular weight excluding hydrogens is 216 g/mol. The minimum Gasteiger partial charge on any atom is -0.371 e. The minimum atomic E-state index is 0.369. The summed E-state index contributed by atoms with van der Waals surface area (Å²) in [5.74, 6) is 1.45. The lowest BCUT2D eigenvalue weighted by atomic mass is 9.80. The van der Waals surface area contributed by atoms with Crippen LogP contribution in [-0.2, 0) is 0 Å². The molecule has 1 fully saturated rings. The van der Waals surface area contributed by atoms with Crippen LogP contribution >= 0.6 is 0 Å². The van der Waals surface area contributed by atoms with Crippen molar-refractivity contribution in [3.05, 3.63) is 6.33 Å². The van der Waals surface area contributed by atoms with E-state index in [0.29, 0.717) is 12.0 Å². The van der Waals surface area contributed by atoms with Crippen molar-refractivity contribution in [2.45, 2.75) is 32.2 Å². The molecule has 0 radical (unpaired) electrons. The molecule has 6 heteroatoms. The fraction of sp³-hybridized carbons (Fsp3) is 0.636. The van der Waals surface area contributed by atoms with E-state index < -0.39 is 0 Å². The van der Waals surface area contributed by atoms with E-state index in [4.69, 9.17) is 0 Å². The van der Waals surface area contributed by atoms with Gasteiger partial charge in [-0.2, -0.15) is 0 Å². The Labute approximate surface area is 99.4 Å². The third-order valence-electron chi connectivity index (χ3n) is 3.72. The average Bonchev–Trinajstić information content (AvgIpc) is 2.69. The molecule has 1 aliphatic rings. The van der Waals surface area contributed by atoms with Crippen LogP contribution in [0.4, 0.5) is 5.82 Å². The quantitative estimate of drug-likeness (QED) is 0.871. The zero-order valence-corrected chi connectivity index (χ0v) is 10.1. The first-order valence-corrected chi connectivity index (χ1v) is 6.05. The van der Waals surface area contributed by atoms with Crippen molar-refractivity contribution in [2.24, 2.45) is 5.92 Å². The van der Waals surface area contributed by atoms with Gasteiger partial charge in [0.1, 0.15) is 6.33 Å². The molecule has 1 unspecified atom stereocenters. The summed E-state index contributed by atoms with van der Waals surface area (Å²) in [4.78, 5) is 8.44. The monoisotopic (exact) mass is 232 g/mol. The number of hydrogen-bond donors (Lipinski definition) is 1. The maximum absolute atomic E-state index is 4.30. The summed E-state index contributed by atoms with van der Waals surface area (Å²) in [6.07, 6.45) is 5.46. The van der Waals surface area contributed by atoms with Gasteiger partial charge in [0.15, 0.2) is 17.0 Å². The lowest BCUT2D eigenvalue weighted by Crippen LogP contribution is -2.23. The maximum Gasteiger partial charge on any atom is 0.184 e. The third-order valence-corrected chi connectivity index (χ3v) is 3.72. The van der Waals surface area contributed by atoms with Gasteiger partial charge in [-0.25, -0.2) is 14.6 Å². The Balaban J connectivity index is 2.05. The van der Waals surface area contributed by atoms with Crippen molar-refractivity contribution in [3.63, 3.8) is 0 Å². The molecule has 1 atom stereocenters. The molecular formula is C11H16N6. The molecule has 0 aliphatic heterocycles. The Morgan fingerprint density at radius 1 is 1.41 bits per heavy atom. The largest absolute Gasteiger partial charge is 0.371 e. The maximum atomic E-state index is 4.30. The number of nitrogens with one attached hydrogen (secondary N) is 1. The Bertz CT molecular complexity index is 530. The van der Waals surface area contributed by atoms with E-state index in [1.165, 1.54) is 19.3 Å². The van der Waals surface area contributed by atoms with Crippen LogP contribution < -0.4 is 5.32 Å². The molecule has 3 rings (SSSR count). The first kappa shape index (κ1) is 10.4. The summed E-state index contributed by atoms with van der Waals surface area (Å²) in [6, 6.07) is 0.369. The van der Waals surface area contributed by atoms with Gasteiger partial charge in [0.25, 0.3) is 0 Å². The van der Waals surface area contributed by atoms with Gasteiger partial charge in [0.05, 0.1) is 6.04 Å². The summed E-state index contributed by atoms with van der Waals surface area (Å²) in [5.41, 5.74) is 1.57. The molecule has 1 N–H and O–H groups in total. The Morgan fingerprint density at radius 2 is 2.24 bits per heavy atom. The van der Waals surface area contributed by atoms with Crippen LogP contribution in [0.15, 0.2) is 6.33 Å². The van der Waals surface area contributed by atoms with Crippen LogP contribution in [0, 0.1) is 5.92 Å². The highest BCUT2D eigenvalue weighted by Crippen LogP contribution is 2.36. The molecule has 0 bridgehead atoms. The summed E-state index contributed by atoms with van der Waals surface area (Å²) >= 11 is 0. The van der Waals surface area contributed by atoms with E-state index >= 15 is 0 Å². The molecule has 1 saturated carbocycles. The normalized spacial score (nSPS) is 18.0. The third kappa shape index (κ3) is 1.55. The number of rotatable bonds is 3. The highest BCUT2D eigenvalue weighted by Gasteiger charge is 2.27. The topological polar surface area (TPSA) is 68.5 Å². The van der Waals surface area contributed by atoms with Crippen molar-refractivity contribution in [3.8, 4) is 0 Å². The molecule has 0 amide bonds. The van der Waals surface area contributed by atoms with Gasteiger partial charge >= 0.3 is 0 Å². The van der Waals surface area contributed by atoms with Crippen LogP contribution in [0.25, 0.3) is 11.2 Å². The summed E-state index contributed by atoms with van der Waals surface area (Å²) in [6.45, 7) is 2.19. The van der Waals surface area contributed by atoms with E-state index in [0.717, 1.165) is 17.0 Å².